The number of hydrogen-bond acceptors (Lipinski definition) is 1. The highest BCUT2D eigenvalue weighted by atomic mass is 19.1. The van der Waals surface area contributed by atoms with Crippen LogP contribution in [0.2, 0.25) is 0 Å². The van der Waals surface area contributed by atoms with E-state index in [4.69, 9.17) is 0 Å². The van der Waals surface area contributed by atoms with Gasteiger partial charge in [0.1, 0.15) is 12.5 Å². The third-order valence-corrected chi connectivity index (χ3v) is 1.53. The van der Waals surface area contributed by atoms with Crippen LogP contribution in [0.3, 0.4) is 0 Å². The molecular formula is C9H11F2N. The van der Waals surface area contributed by atoms with Crippen molar-refractivity contribution in [1.29, 1.82) is 0 Å². The second-order valence-corrected chi connectivity index (χ2v) is 2.60. The molecule has 0 heterocycles. The molecule has 0 atom stereocenters. The van der Waals surface area contributed by atoms with Crippen molar-refractivity contribution >= 4 is 5.69 Å². The molecule has 3 heteroatoms. The summed E-state index contributed by atoms with van der Waals surface area (Å²) in [6, 6.07) is 4.71. The summed E-state index contributed by atoms with van der Waals surface area (Å²) in [6.07, 6.45) is 0. The van der Waals surface area contributed by atoms with E-state index in [1.54, 1.807) is 12.1 Å². The summed E-state index contributed by atoms with van der Waals surface area (Å²) in [5, 5.41) is 2.65. The van der Waals surface area contributed by atoms with Gasteiger partial charge in [-0.1, -0.05) is 6.07 Å². The molecule has 0 aliphatic rings. The molecule has 1 nitrogen and oxygen atoms in total. The molecule has 1 N–H and O–H groups in total. The van der Waals surface area contributed by atoms with Gasteiger partial charge in [-0.05, 0) is 24.6 Å². The normalized spacial score (nSPS) is 9.92. The van der Waals surface area contributed by atoms with E-state index >= 15 is 0 Å². The van der Waals surface area contributed by atoms with Crippen LogP contribution in [0.4, 0.5) is 14.5 Å². The molecule has 0 aliphatic heterocycles. The first-order valence-corrected chi connectivity index (χ1v) is 3.80. The van der Waals surface area contributed by atoms with Crippen LogP contribution in [0, 0.1) is 12.7 Å². The average Bonchev–Trinajstić information content (AvgIpc) is 2.07. The van der Waals surface area contributed by atoms with Gasteiger partial charge in [0, 0.05) is 6.54 Å². The van der Waals surface area contributed by atoms with Crippen LogP contribution < -0.4 is 5.32 Å². The third kappa shape index (κ3) is 2.19. The monoisotopic (exact) mass is 171 g/mol. The van der Waals surface area contributed by atoms with Gasteiger partial charge in [0.05, 0.1) is 5.69 Å². The predicted molar refractivity (Wildman–Crippen MR) is 45.6 cm³/mol. The molecule has 0 bridgehead atoms. The minimum Gasteiger partial charge on any atom is -0.380 e. The Bertz CT molecular complexity index is 261. The van der Waals surface area contributed by atoms with Crippen molar-refractivity contribution in [1.82, 2.24) is 0 Å². The second-order valence-electron chi connectivity index (χ2n) is 2.60. The summed E-state index contributed by atoms with van der Waals surface area (Å²) < 4.78 is 24.6. The Morgan fingerprint density at radius 3 is 2.83 bits per heavy atom. The SMILES string of the molecule is Cc1ccc(F)c(NCCF)c1. The van der Waals surface area contributed by atoms with Gasteiger partial charge in [-0.15, -0.1) is 0 Å². The van der Waals surface area contributed by atoms with Crippen LogP contribution in [0.1, 0.15) is 5.56 Å². The molecule has 0 aliphatic carbocycles. The van der Waals surface area contributed by atoms with Gasteiger partial charge >= 0.3 is 0 Å². The number of nitrogens with one attached hydrogen (secondary N) is 1. The molecule has 0 saturated carbocycles. The molecule has 1 aromatic rings. The summed E-state index contributed by atoms with van der Waals surface area (Å²) in [5.74, 6) is -0.339. The predicted octanol–water partition coefficient (Wildman–Crippen LogP) is 2.52. The quantitative estimate of drug-likeness (QED) is 0.736. The van der Waals surface area contributed by atoms with E-state index in [0.29, 0.717) is 5.69 Å². The lowest BCUT2D eigenvalue weighted by atomic mass is 10.2. The van der Waals surface area contributed by atoms with Crippen molar-refractivity contribution in [3.8, 4) is 0 Å². The van der Waals surface area contributed by atoms with Gasteiger partial charge in [0.2, 0.25) is 0 Å². The molecule has 0 spiro atoms. The van der Waals surface area contributed by atoms with Gasteiger partial charge in [0.15, 0.2) is 0 Å². The lowest BCUT2D eigenvalue weighted by Gasteiger charge is -2.05. The summed E-state index contributed by atoms with van der Waals surface area (Å²) in [4.78, 5) is 0. The molecule has 0 unspecified atom stereocenters. The van der Waals surface area contributed by atoms with Crippen LogP contribution in [-0.2, 0) is 0 Å². The molecule has 1 aromatic carbocycles. The summed E-state index contributed by atoms with van der Waals surface area (Å²) in [7, 11) is 0. The maximum absolute atomic E-state index is 12.9. The molecule has 0 amide bonds. The minimum atomic E-state index is -0.493. The smallest absolute Gasteiger partial charge is 0.146 e. The zero-order valence-electron chi connectivity index (χ0n) is 6.90. The number of anilines is 1. The Hall–Kier alpha value is -1.12. The van der Waals surface area contributed by atoms with Gasteiger partial charge in [-0.3, -0.25) is 0 Å². The van der Waals surface area contributed by atoms with Crippen molar-refractivity contribution in [2.75, 3.05) is 18.5 Å². The van der Waals surface area contributed by atoms with Crippen molar-refractivity contribution < 1.29 is 8.78 Å². The molecule has 0 aromatic heterocycles. The van der Waals surface area contributed by atoms with Crippen LogP contribution in [0.15, 0.2) is 18.2 Å². The van der Waals surface area contributed by atoms with E-state index < -0.39 is 6.67 Å². The van der Waals surface area contributed by atoms with E-state index in [2.05, 4.69) is 5.32 Å². The molecule has 12 heavy (non-hydrogen) atoms. The highest BCUT2D eigenvalue weighted by Crippen LogP contribution is 2.14. The van der Waals surface area contributed by atoms with Crippen LogP contribution in [0.25, 0.3) is 0 Å². The highest BCUT2D eigenvalue weighted by molar-refractivity contribution is 5.46. The first-order valence-electron chi connectivity index (χ1n) is 3.80. The maximum Gasteiger partial charge on any atom is 0.146 e. The minimum absolute atomic E-state index is 0.153. The Labute approximate surface area is 70.4 Å². The first kappa shape index (κ1) is 8.97. The molecule has 0 saturated heterocycles. The number of rotatable bonds is 3. The molecule has 0 fully saturated rings. The largest absolute Gasteiger partial charge is 0.380 e. The van der Waals surface area contributed by atoms with Gasteiger partial charge in [0.25, 0.3) is 0 Å². The van der Waals surface area contributed by atoms with E-state index in [1.807, 2.05) is 6.92 Å². The third-order valence-electron chi connectivity index (χ3n) is 1.53. The zero-order valence-corrected chi connectivity index (χ0v) is 6.90. The molecule has 0 radical (unpaired) electrons. The van der Waals surface area contributed by atoms with E-state index in [9.17, 15) is 8.78 Å². The standard InChI is InChI=1S/C9H11F2N/c1-7-2-3-8(11)9(6-7)12-5-4-10/h2-3,6,12H,4-5H2,1H3. The molecule has 66 valence electrons. The average molecular weight is 171 g/mol. The van der Waals surface area contributed by atoms with Crippen LogP contribution in [0.5, 0.6) is 0 Å². The van der Waals surface area contributed by atoms with Gasteiger partial charge in [-0.25, -0.2) is 8.78 Å². The number of hydrogen-bond donors (Lipinski definition) is 1. The van der Waals surface area contributed by atoms with E-state index in [1.165, 1.54) is 6.07 Å². The molecular weight excluding hydrogens is 160 g/mol. The summed E-state index contributed by atoms with van der Waals surface area (Å²) >= 11 is 0. The number of benzene rings is 1. The summed E-state index contributed by atoms with van der Waals surface area (Å²) in [6.45, 7) is 1.52. The lowest BCUT2D eigenvalue weighted by Crippen LogP contribution is -2.04. The van der Waals surface area contributed by atoms with Gasteiger partial charge in [-0.2, -0.15) is 0 Å². The first-order chi connectivity index (χ1) is 5.74. The highest BCUT2D eigenvalue weighted by Gasteiger charge is 1.99. The zero-order chi connectivity index (χ0) is 8.97. The van der Waals surface area contributed by atoms with Crippen molar-refractivity contribution in [2.24, 2.45) is 0 Å². The fourth-order valence-corrected chi connectivity index (χ4v) is 0.957. The van der Waals surface area contributed by atoms with Crippen molar-refractivity contribution in [3.05, 3.63) is 29.6 Å². The van der Waals surface area contributed by atoms with E-state index in [-0.39, 0.29) is 12.4 Å². The van der Waals surface area contributed by atoms with Crippen molar-refractivity contribution in [3.63, 3.8) is 0 Å². The summed E-state index contributed by atoms with van der Waals surface area (Å²) in [5.41, 5.74) is 1.32. The number of halogens is 2. The van der Waals surface area contributed by atoms with Crippen LogP contribution in [-0.4, -0.2) is 13.2 Å². The number of alkyl halides is 1. The number of aryl methyl sites for hydroxylation is 1. The van der Waals surface area contributed by atoms with Crippen molar-refractivity contribution in [2.45, 2.75) is 6.92 Å². The fraction of sp³-hybridized carbons (Fsp3) is 0.333. The van der Waals surface area contributed by atoms with Crippen LogP contribution >= 0.6 is 0 Å². The Morgan fingerprint density at radius 1 is 1.42 bits per heavy atom. The lowest BCUT2D eigenvalue weighted by molar-refractivity contribution is 0.511. The van der Waals surface area contributed by atoms with Gasteiger partial charge < -0.3 is 5.32 Å². The second kappa shape index (κ2) is 4.04. The fourth-order valence-electron chi connectivity index (χ4n) is 0.957. The molecule has 1 rings (SSSR count). The topological polar surface area (TPSA) is 12.0 Å². The Kier molecular flexibility index (Phi) is 3.02. The Morgan fingerprint density at radius 2 is 2.17 bits per heavy atom. The maximum atomic E-state index is 12.9. The van der Waals surface area contributed by atoms with E-state index in [0.717, 1.165) is 5.56 Å². The Balaban J connectivity index is 2.75.